The Hall–Kier alpha value is -1.27. The third kappa shape index (κ3) is 2.65. The van der Waals surface area contributed by atoms with Crippen molar-refractivity contribution < 1.29 is 4.79 Å². The molecule has 0 aliphatic carbocycles. The van der Waals surface area contributed by atoms with Crippen molar-refractivity contribution in [2.75, 3.05) is 5.75 Å². The molecule has 1 aromatic carbocycles. The number of carbonyl (C=O) groups excluding carboxylic acids is 1. The lowest BCUT2D eigenvalue weighted by Gasteiger charge is -2.19. The smallest absolute Gasteiger partial charge is 0.192 e. The molecule has 0 bridgehead atoms. The second kappa shape index (κ2) is 5.18. The maximum atomic E-state index is 11.7. The van der Waals surface area contributed by atoms with E-state index in [0.29, 0.717) is 10.7 Å². The maximum Gasteiger partial charge on any atom is 0.192 e. The first-order valence-electron chi connectivity index (χ1n) is 5.45. The Kier molecular flexibility index (Phi) is 3.63. The van der Waals surface area contributed by atoms with Crippen LogP contribution in [0.4, 0.5) is 0 Å². The van der Waals surface area contributed by atoms with Crippen LogP contribution >= 0.6 is 11.8 Å². The minimum atomic E-state index is 0.146. The maximum absolute atomic E-state index is 11.7. The highest BCUT2D eigenvalue weighted by atomic mass is 32.2. The van der Waals surface area contributed by atoms with Crippen molar-refractivity contribution in [3.8, 4) is 6.07 Å². The topological polar surface area (TPSA) is 40.9 Å². The predicted octanol–water partition coefficient (Wildman–Crippen LogP) is 2.77. The molecule has 0 amide bonds. The molecule has 16 heavy (non-hydrogen) atoms. The Bertz CT molecular complexity index is 436. The Labute approximate surface area is 99.7 Å². The van der Waals surface area contributed by atoms with Crippen molar-refractivity contribution in [1.29, 1.82) is 5.26 Å². The molecule has 1 aromatic rings. The average molecular weight is 231 g/mol. The van der Waals surface area contributed by atoms with Gasteiger partial charge in [0.2, 0.25) is 0 Å². The first-order chi connectivity index (χ1) is 7.79. The molecule has 0 spiro atoms. The van der Waals surface area contributed by atoms with Crippen molar-refractivity contribution in [3.63, 3.8) is 0 Å². The van der Waals surface area contributed by atoms with E-state index >= 15 is 0 Å². The van der Waals surface area contributed by atoms with Gasteiger partial charge in [-0.05, 0) is 37.0 Å². The van der Waals surface area contributed by atoms with Crippen molar-refractivity contribution in [3.05, 3.63) is 35.4 Å². The SMILES string of the molecule is N#Cc1cccc(C[C@H]2CCCSC2=O)c1. The number of nitrogens with zero attached hydrogens (tertiary/aromatic N) is 1. The summed E-state index contributed by atoms with van der Waals surface area (Å²) in [6, 6.07) is 9.68. The van der Waals surface area contributed by atoms with E-state index in [-0.39, 0.29) is 5.92 Å². The lowest BCUT2D eigenvalue weighted by Crippen LogP contribution is -2.19. The number of rotatable bonds is 2. The van der Waals surface area contributed by atoms with Gasteiger partial charge in [-0.2, -0.15) is 5.26 Å². The van der Waals surface area contributed by atoms with E-state index in [1.54, 1.807) is 6.07 Å². The molecule has 82 valence electrons. The molecule has 1 fully saturated rings. The van der Waals surface area contributed by atoms with Crippen molar-refractivity contribution in [1.82, 2.24) is 0 Å². The van der Waals surface area contributed by atoms with Crippen LogP contribution in [0, 0.1) is 17.2 Å². The summed E-state index contributed by atoms with van der Waals surface area (Å²) in [7, 11) is 0. The van der Waals surface area contributed by atoms with Crippen LogP contribution in [-0.4, -0.2) is 10.9 Å². The molecule has 0 N–H and O–H groups in total. The zero-order valence-corrected chi connectivity index (χ0v) is 9.80. The monoisotopic (exact) mass is 231 g/mol. The van der Waals surface area contributed by atoms with Gasteiger partial charge in [-0.15, -0.1) is 0 Å². The molecule has 1 aliphatic rings. The Morgan fingerprint density at radius 2 is 2.38 bits per heavy atom. The first-order valence-corrected chi connectivity index (χ1v) is 6.44. The standard InChI is InChI=1S/C13H13NOS/c14-9-11-4-1-3-10(7-11)8-12-5-2-6-16-13(12)15/h1,3-4,7,12H,2,5-6,8H2/t12-/m1/s1. The molecule has 1 atom stereocenters. The van der Waals surface area contributed by atoms with Gasteiger partial charge in [-0.3, -0.25) is 4.79 Å². The molecular weight excluding hydrogens is 218 g/mol. The highest BCUT2D eigenvalue weighted by molar-refractivity contribution is 8.13. The van der Waals surface area contributed by atoms with E-state index in [2.05, 4.69) is 6.07 Å². The molecule has 1 heterocycles. The minimum absolute atomic E-state index is 0.146. The molecule has 3 heteroatoms. The Morgan fingerprint density at radius 3 is 3.12 bits per heavy atom. The third-order valence-electron chi connectivity index (χ3n) is 2.81. The highest BCUT2D eigenvalue weighted by Gasteiger charge is 2.22. The van der Waals surface area contributed by atoms with Gasteiger partial charge in [0.15, 0.2) is 5.12 Å². The van der Waals surface area contributed by atoms with Gasteiger partial charge in [0.05, 0.1) is 11.6 Å². The van der Waals surface area contributed by atoms with Gasteiger partial charge < -0.3 is 0 Å². The quantitative estimate of drug-likeness (QED) is 0.785. The molecule has 0 radical (unpaired) electrons. The molecule has 0 saturated carbocycles. The highest BCUT2D eigenvalue weighted by Crippen LogP contribution is 2.27. The van der Waals surface area contributed by atoms with Crippen LogP contribution < -0.4 is 0 Å². The van der Waals surface area contributed by atoms with Gasteiger partial charge >= 0.3 is 0 Å². The summed E-state index contributed by atoms with van der Waals surface area (Å²) in [5.41, 5.74) is 1.77. The second-order valence-electron chi connectivity index (χ2n) is 4.02. The number of carbonyl (C=O) groups is 1. The third-order valence-corrected chi connectivity index (χ3v) is 3.92. The number of hydrogen-bond acceptors (Lipinski definition) is 3. The normalized spacial score (nSPS) is 20.4. The Morgan fingerprint density at radius 1 is 1.50 bits per heavy atom. The van der Waals surface area contributed by atoms with Crippen LogP contribution in [-0.2, 0) is 11.2 Å². The Balaban J connectivity index is 2.08. The van der Waals surface area contributed by atoms with Crippen molar-refractivity contribution in [2.24, 2.45) is 5.92 Å². The van der Waals surface area contributed by atoms with Crippen molar-refractivity contribution in [2.45, 2.75) is 19.3 Å². The second-order valence-corrected chi connectivity index (χ2v) is 5.12. The van der Waals surface area contributed by atoms with E-state index in [1.165, 1.54) is 11.8 Å². The van der Waals surface area contributed by atoms with E-state index < -0.39 is 0 Å². The summed E-state index contributed by atoms with van der Waals surface area (Å²) in [4.78, 5) is 11.7. The number of hydrogen-bond donors (Lipinski definition) is 0. The first kappa shape index (κ1) is 11.2. The minimum Gasteiger partial charge on any atom is -0.287 e. The fourth-order valence-electron chi connectivity index (χ4n) is 1.98. The van der Waals surface area contributed by atoms with Crippen LogP contribution in [0.1, 0.15) is 24.0 Å². The van der Waals surface area contributed by atoms with E-state index in [4.69, 9.17) is 5.26 Å². The van der Waals surface area contributed by atoms with Crippen LogP contribution in [0.15, 0.2) is 24.3 Å². The molecular formula is C13H13NOS. The number of benzene rings is 1. The lowest BCUT2D eigenvalue weighted by atomic mass is 9.95. The summed E-state index contributed by atoms with van der Waals surface area (Å²) < 4.78 is 0. The molecule has 2 rings (SSSR count). The fourth-order valence-corrected chi connectivity index (χ4v) is 2.93. The van der Waals surface area contributed by atoms with Gasteiger partial charge in [0, 0.05) is 11.7 Å². The summed E-state index contributed by atoms with van der Waals surface area (Å²) in [5.74, 6) is 1.11. The summed E-state index contributed by atoms with van der Waals surface area (Å²) in [5, 5.41) is 9.11. The zero-order valence-electron chi connectivity index (χ0n) is 8.98. The molecule has 1 saturated heterocycles. The van der Waals surface area contributed by atoms with E-state index in [9.17, 15) is 4.79 Å². The summed E-state index contributed by atoms with van der Waals surface area (Å²) >= 11 is 1.45. The molecule has 0 unspecified atom stereocenters. The average Bonchev–Trinajstić information content (AvgIpc) is 2.32. The van der Waals surface area contributed by atoms with Gasteiger partial charge in [0.25, 0.3) is 0 Å². The van der Waals surface area contributed by atoms with Gasteiger partial charge in [-0.25, -0.2) is 0 Å². The van der Waals surface area contributed by atoms with Crippen LogP contribution in [0.3, 0.4) is 0 Å². The zero-order chi connectivity index (χ0) is 11.4. The van der Waals surface area contributed by atoms with Gasteiger partial charge in [0.1, 0.15) is 0 Å². The molecule has 2 nitrogen and oxygen atoms in total. The molecule has 0 aromatic heterocycles. The number of thioether (sulfide) groups is 1. The van der Waals surface area contributed by atoms with E-state index in [1.807, 2.05) is 18.2 Å². The summed E-state index contributed by atoms with van der Waals surface area (Å²) in [6.45, 7) is 0. The van der Waals surface area contributed by atoms with Crippen LogP contribution in [0.2, 0.25) is 0 Å². The number of nitriles is 1. The lowest BCUT2D eigenvalue weighted by molar-refractivity contribution is -0.114. The van der Waals surface area contributed by atoms with Crippen LogP contribution in [0.25, 0.3) is 0 Å². The largest absolute Gasteiger partial charge is 0.287 e. The van der Waals surface area contributed by atoms with Crippen molar-refractivity contribution >= 4 is 16.9 Å². The fraction of sp³-hybridized carbons (Fsp3) is 0.385. The van der Waals surface area contributed by atoms with E-state index in [0.717, 1.165) is 30.6 Å². The summed E-state index contributed by atoms with van der Waals surface area (Å²) in [6.07, 6.45) is 2.89. The van der Waals surface area contributed by atoms with Gasteiger partial charge in [-0.1, -0.05) is 23.9 Å². The predicted molar refractivity (Wildman–Crippen MR) is 65.1 cm³/mol. The molecule has 1 aliphatic heterocycles. The van der Waals surface area contributed by atoms with Crippen LogP contribution in [0.5, 0.6) is 0 Å².